The van der Waals surface area contributed by atoms with Crippen molar-refractivity contribution in [1.29, 1.82) is 0 Å². The molecule has 0 amide bonds. The number of rotatable bonds is 6. The first-order valence-electron chi connectivity index (χ1n) is 20.0. The molecule has 276 valence electrons. The first-order valence-corrected chi connectivity index (χ1v) is 20.0. The maximum Gasteiger partial charge on any atom is 0.144 e. The van der Waals surface area contributed by atoms with E-state index >= 15 is 0 Å². The van der Waals surface area contributed by atoms with Gasteiger partial charge in [-0.2, -0.15) is 0 Å². The molecule has 4 heteroatoms. The van der Waals surface area contributed by atoms with Gasteiger partial charge in [-0.05, 0) is 96.1 Å². The first kappa shape index (κ1) is 33.2. The summed E-state index contributed by atoms with van der Waals surface area (Å²) >= 11 is 0. The second kappa shape index (κ2) is 13.3. The molecule has 0 fully saturated rings. The van der Waals surface area contributed by atoms with Gasteiger partial charge in [0.25, 0.3) is 0 Å². The minimum atomic E-state index is 0.893. The minimum absolute atomic E-state index is 0.893. The van der Waals surface area contributed by atoms with Gasteiger partial charge in [0.1, 0.15) is 11.2 Å². The fourth-order valence-electron chi connectivity index (χ4n) is 9.04. The predicted octanol–water partition coefficient (Wildman–Crippen LogP) is 15.2. The third-order valence-electron chi connectivity index (χ3n) is 11.8. The van der Waals surface area contributed by atoms with Crippen LogP contribution in [0.15, 0.2) is 217 Å². The van der Waals surface area contributed by atoms with E-state index in [0.29, 0.717) is 0 Å². The summed E-state index contributed by atoms with van der Waals surface area (Å²) in [6, 6.07) is 75.5. The van der Waals surface area contributed by atoms with Crippen LogP contribution < -0.4 is 4.90 Å². The number of para-hydroxylation sites is 5. The number of aromatic nitrogens is 2. The zero-order valence-electron chi connectivity index (χ0n) is 32.0. The monoisotopic (exact) mass is 753 g/mol. The lowest BCUT2D eigenvalue weighted by atomic mass is 9.97. The molecule has 4 nitrogen and oxygen atoms in total. The molecular weight excluding hydrogens is 719 g/mol. The molecule has 0 radical (unpaired) electrons. The second-order valence-corrected chi connectivity index (χ2v) is 15.1. The van der Waals surface area contributed by atoms with Gasteiger partial charge in [-0.3, -0.25) is 0 Å². The van der Waals surface area contributed by atoms with E-state index in [9.17, 15) is 0 Å². The van der Waals surface area contributed by atoms with E-state index in [1.54, 1.807) is 0 Å². The maximum atomic E-state index is 6.57. The van der Waals surface area contributed by atoms with Crippen LogP contribution in [0.3, 0.4) is 0 Å². The van der Waals surface area contributed by atoms with Gasteiger partial charge in [0, 0.05) is 66.0 Å². The molecule has 12 aromatic rings. The first-order chi connectivity index (χ1) is 29.3. The Balaban J connectivity index is 0.938. The SMILES string of the molecule is c1ccc(N(c2ccc(-c3ccc4c(c3)c3ccccc3n4-c3ccccc3)cc2)c2ccc(-c3nc4ccccc4c4c3ccc3c5ccccc5oc34)cc2)cc1. The van der Waals surface area contributed by atoms with Crippen LogP contribution >= 0.6 is 0 Å². The van der Waals surface area contributed by atoms with Gasteiger partial charge in [-0.25, -0.2) is 4.98 Å². The largest absolute Gasteiger partial charge is 0.455 e. The third-order valence-corrected chi connectivity index (χ3v) is 11.8. The highest BCUT2D eigenvalue weighted by molar-refractivity contribution is 6.24. The average Bonchev–Trinajstić information content (AvgIpc) is 3.86. The smallest absolute Gasteiger partial charge is 0.144 e. The normalized spacial score (nSPS) is 11.7. The minimum Gasteiger partial charge on any atom is -0.455 e. The summed E-state index contributed by atoms with van der Waals surface area (Å²) in [6.07, 6.45) is 0. The molecule has 3 aromatic heterocycles. The summed E-state index contributed by atoms with van der Waals surface area (Å²) in [5.74, 6) is 0. The molecule has 0 saturated heterocycles. The number of hydrogen-bond donors (Lipinski definition) is 0. The molecule has 59 heavy (non-hydrogen) atoms. The molecule has 0 aliphatic carbocycles. The molecule has 0 spiro atoms. The van der Waals surface area contributed by atoms with Crippen molar-refractivity contribution in [2.24, 2.45) is 0 Å². The Morgan fingerprint density at radius 2 is 0.966 bits per heavy atom. The number of nitrogens with zero attached hydrogens (tertiary/aromatic N) is 3. The van der Waals surface area contributed by atoms with Crippen LogP contribution in [0.2, 0.25) is 0 Å². The van der Waals surface area contributed by atoms with Crippen LogP contribution in [0.5, 0.6) is 0 Å². The molecule has 12 rings (SSSR count). The van der Waals surface area contributed by atoms with Crippen molar-refractivity contribution in [2.45, 2.75) is 0 Å². The fourth-order valence-corrected chi connectivity index (χ4v) is 9.04. The Morgan fingerprint density at radius 1 is 0.390 bits per heavy atom. The Morgan fingerprint density at radius 3 is 1.75 bits per heavy atom. The van der Waals surface area contributed by atoms with Crippen LogP contribution in [0.25, 0.3) is 93.5 Å². The zero-order valence-corrected chi connectivity index (χ0v) is 32.0. The molecule has 0 N–H and O–H groups in total. The molecule has 3 heterocycles. The van der Waals surface area contributed by atoms with Crippen LogP contribution in [0, 0.1) is 0 Å². The summed E-state index contributed by atoms with van der Waals surface area (Å²) in [7, 11) is 0. The van der Waals surface area contributed by atoms with E-state index < -0.39 is 0 Å². The van der Waals surface area contributed by atoms with Crippen molar-refractivity contribution in [2.75, 3.05) is 4.90 Å². The summed E-state index contributed by atoms with van der Waals surface area (Å²) in [6.45, 7) is 0. The Hall–Kier alpha value is -7.95. The van der Waals surface area contributed by atoms with Crippen LogP contribution in [-0.4, -0.2) is 9.55 Å². The van der Waals surface area contributed by atoms with Crippen molar-refractivity contribution in [3.05, 3.63) is 212 Å². The van der Waals surface area contributed by atoms with E-state index in [2.05, 4.69) is 210 Å². The topological polar surface area (TPSA) is 34.2 Å². The molecule has 0 saturated carbocycles. The standard InChI is InChI=1S/C55H35N3O/c1-3-13-39(14-4-1)57(41-28-23-36(24-29-41)38-27-34-51-48(35-38)43-17-8-11-21-50(43)58(51)40-15-5-2-6-16-40)42-30-25-37(26-31-42)54-47-33-32-45-44-18-9-12-22-52(44)59-55(45)53(47)46-19-7-10-20-49(46)56-54/h1-35H. The van der Waals surface area contributed by atoms with E-state index in [-0.39, 0.29) is 0 Å². The number of benzene rings is 9. The van der Waals surface area contributed by atoms with Crippen LogP contribution in [0.1, 0.15) is 0 Å². The van der Waals surface area contributed by atoms with E-state index in [1.807, 2.05) is 12.1 Å². The van der Waals surface area contributed by atoms with Gasteiger partial charge in [-0.1, -0.05) is 127 Å². The molecule has 0 bridgehead atoms. The van der Waals surface area contributed by atoms with Crippen molar-refractivity contribution >= 4 is 82.5 Å². The summed E-state index contributed by atoms with van der Waals surface area (Å²) in [5, 5.41) is 7.98. The molecule has 0 unspecified atom stereocenters. The van der Waals surface area contributed by atoms with Gasteiger partial charge in [0.05, 0.1) is 22.2 Å². The summed E-state index contributed by atoms with van der Waals surface area (Å²) in [4.78, 5) is 7.57. The number of anilines is 3. The second-order valence-electron chi connectivity index (χ2n) is 15.1. The third kappa shape index (κ3) is 5.34. The van der Waals surface area contributed by atoms with E-state index in [1.165, 1.54) is 32.9 Å². The van der Waals surface area contributed by atoms with Gasteiger partial charge < -0.3 is 13.9 Å². The highest BCUT2D eigenvalue weighted by atomic mass is 16.3. The quantitative estimate of drug-likeness (QED) is 0.159. The maximum absolute atomic E-state index is 6.57. The van der Waals surface area contributed by atoms with Crippen molar-refractivity contribution in [3.8, 4) is 28.1 Å². The Kier molecular flexibility index (Phi) is 7.50. The number of fused-ring (bicyclic) bond motifs is 10. The van der Waals surface area contributed by atoms with Gasteiger partial charge >= 0.3 is 0 Å². The number of pyridine rings is 1. The number of furan rings is 1. The van der Waals surface area contributed by atoms with E-state index in [4.69, 9.17) is 9.40 Å². The molecule has 9 aromatic carbocycles. The molecule has 0 atom stereocenters. The van der Waals surface area contributed by atoms with Gasteiger partial charge in [0.2, 0.25) is 0 Å². The fraction of sp³-hybridized carbons (Fsp3) is 0. The highest BCUT2D eigenvalue weighted by Crippen LogP contribution is 2.42. The summed E-state index contributed by atoms with van der Waals surface area (Å²) < 4.78 is 8.93. The highest BCUT2D eigenvalue weighted by Gasteiger charge is 2.19. The Bertz CT molecular complexity index is 3530. The average molecular weight is 754 g/mol. The predicted molar refractivity (Wildman–Crippen MR) is 246 cm³/mol. The lowest BCUT2D eigenvalue weighted by Crippen LogP contribution is -2.09. The van der Waals surface area contributed by atoms with Crippen molar-refractivity contribution in [1.82, 2.24) is 9.55 Å². The zero-order chi connectivity index (χ0) is 38.9. The molecular formula is C55H35N3O. The van der Waals surface area contributed by atoms with Gasteiger partial charge in [0.15, 0.2) is 0 Å². The van der Waals surface area contributed by atoms with Crippen LogP contribution in [-0.2, 0) is 0 Å². The number of hydrogen-bond acceptors (Lipinski definition) is 3. The van der Waals surface area contributed by atoms with Crippen molar-refractivity contribution < 1.29 is 4.42 Å². The lowest BCUT2D eigenvalue weighted by Gasteiger charge is -2.26. The van der Waals surface area contributed by atoms with Crippen molar-refractivity contribution in [3.63, 3.8) is 0 Å². The lowest BCUT2D eigenvalue weighted by molar-refractivity contribution is 0.673. The molecule has 0 aliphatic rings. The van der Waals surface area contributed by atoms with E-state index in [0.717, 1.165) is 77.6 Å². The van der Waals surface area contributed by atoms with Crippen LogP contribution in [0.4, 0.5) is 17.1 Å². The summed E-state index contributed by atoms with van der Waals surface area (Å²) in [5.41, 5.74) is 13.9. The molecule has 0 aliphatic heterocycles. The Labute approximate surface area is 340 Å². The van der Waals surface area contributed by atoms with Gasteiger partial charge in [-0.15, -0.1) is 0 Å².